The Hall–Kier alpha value is -3.46. The van der Waals surface area contributed by atoms with Crippen molar-refractivity contribution in [3.05, 3.63) is 93.5 Å². The first-order valence-electron chi connectivity index (χ1n) is 9.23. The summed E-state index contributed by atoms with van der Waals surface area (Å²) in [6.45, 7) is 0.315. The zero-order chi connectivity index (χ0) is 22.2. The summed E-state index contributed by atoms with van der Waals surface area (Å²) in [4.78, 5) is 12.5. The van der Waals surface area contributed by atoms with Crippen molar-refractivity contribution >= 4 is 40.9 Å². The fraction of sp³-hybridized carbons (Fsp3) is 0.0833. The minimum absolute atomic E-state index is 0.0745. The van der Waals surface area contributed by atoms with Gasteiger partial charge in [-0.05, 0) is 53.6 Å². The van der Waals surface area contributed by atoms with Gasteiger partial charge in [0.1, 0.15) is 18.2 Å². The first-order valence-corrected chi connectivity index (χ1v) is 9.98. The summed E-state index contributed by atoms with van der Waals surface area (Å²) in [5, 5.41) is 13.1. The van der Waals surface area contributed by atoms with Gasteiger partial charge in [0, 0.05) is 5.02 Å². The molecule has 0 fully saturated rings. The molecule has 0 radical (unpaired) electrons. The molecule has 3 rings (SSSR count). The second-order valence-electron chi connectivity index (χ2n) is 6.43. The van der Waals surface area contributed by atoms with E-state index in [2.05, 4.69) is 5.32 Å². The van der Waals surface area contributed by atoms with E-state index < -0.39 is 5.91 Å². The second-order valence-corrected chi connectivity index (χ2v) is 7.28. The highest BCUT2D eigenvalue weighted by Gasteiger charge is 2.12. The minimum Gasteiger partial charge on any atom is -0.493 e. The van der Waals surface area contributed by atoms with E-state index in [1.54, 1.807) is 48.5 Å². The normalized spacial score (nSPS) is 10.8. The maximum absolute atomic E-state index is 12.5. The molecule has 0 aromatic heterocycles. The quantitative estimate of drug-likeness (QED) is 0.345. The molecular formula is C24H18Cl2N2O3. The number of amides is 1. The van der Waals surface area contributed by atoms with Crippen LogP contribution in [0.15, 0.2) is 72.3 Å². The highest BCUT2D eigenvalue weighted by atomic mass is 35.5. The molecule has 0 bridgehead atoms. The Kier molecular flexibility index (Phi) is 7.55. The molecule has 0 unspecified atom stereocenters. The number of rotatable bonds is 7. The number of ether oxygens (including phenoxy) is 2. The van der Waals surface area contributed by atoms with E-state index in [9.17, 15) is 10.1 Å². The van der Waals surface area contributed by atoms with Gasteiger partial charge in [-0.15, -0.1) is 0 Å². The van der Waals surface area contributed by atoms with Gasteiger partial charge in [0.05, 0.1) is 17.8 Å². The van der Waals surface area contributed by atoms with Crippen molar-refractivity contribution in [2.75, 3.05) is 12.4 Å². The number of carbonyl (C=O) groups is 1. The molecule has 1 N–H and O–H groups in total. The number of anilines is 1. The van der Waals surface area contributed by atoms with E-state index in [1.165, 1.54) is 13.2 Å². The van der Waals surface area contributed by atoms with E-state index >= 15 is 0 Å². The van der Waals surface area contributed by atoms with Crippen molar-refractivity contribution in [3.8, 4) is 17.6 Å². The monoisotopic (exact) mass is 452 g/mol. The predicted octanol–water partition coefficient (Wildman–Crippen LogP) is 6.13. The first kappa shape index (κ1) is 22.2. The molecule has 3 aromatic rings. The number of halogens is 2. The van der Waals surface area contributed by atoms with Gasteiger partial charge in [0.25, 0.3) is 5.91 Å². The van der Waals surface area contributed by atoms with Crippen LogP contribution in [0.1, 0.15) is 11.1 Å². The van der Waals surface area contributed by atoms with Crippen molar-refractivity contribution in [1.29, 1.82) is 5.26 Å². The Morgan fingerprint density at radius 3 is 2.58 bits per heavy atom. The smallest absolute Gasteiger partial charge is 0.266 e. The SMILES string of the molecule is COc1cc(/C=C(\C#N)C(=O)Nc2ccccc2Cl)ccc1OCc1cccc(Cl)c1. The molecule has 0 heterocycles. The van der Waals surface area contributed by atoms with E-state index in [1.807, 2.05) is 24.3 Å². The topological polar surface area (TPSA) is 71.3 Å². The lowest BCUT2D eigenvalue weighted by atomic mass is 10.1. The van der Waals surface area contributed by atoms with Gasteiger partial charge < -0.3 is 14.8 Å². The van der Waals surface area contributed by atoms with Crippen LogP contribution in [-0.4, -0.2) is 13.0 Å². The fourth-order valence-corrected chi connectivity index (χ4v) is 3.14. The van der Waals surface area contributed by atoms with Crippen LogP contribution in [0.4, 0.5) is 5.69 Å². The zero-order valence-corrected chi connectivity index (χ0v) is 18.1. The molecule has 0 spiro atoms. The molecule has 31 heavy (non-hydrogen) atoms. The molecule has 0 aliphatic carbocycles. The van der Waals surface area contributed by atoms with E-state index in [4.69, 9.17) is 32.7 Å². The van der Waals surface area contributed by atoms with Crippen LogP contribution in [0.5, 0.6) is 11.5 Å². The van der Waals surface area contributed by atoms with Gasteiger partial charge in [-0.25, -0.2) is 0 Å². The summed E-state index contributed by atoms with van der Waals surface area (Å²) in [7, 11) is 1.52. The molecule has 0 saturated heterocycles. The summed E-state index contributed by atoms with van der Waals surface area (Å²) in [6, 6.07) is 21.2. The zero-order valence-electron chi connectivity index (χ0n) is 16.6. The summed E-state index contributed by atoms with van der Waals surface area (Å²) in [6.07, 6.45) is 1.47. The van der Waals surface area contributed by atoms with Gasteiger partial charge >= 0.3 is 0 Å². The molecule has 0 saturated carbocycles. The summed E-state index contributed by atoms with van der Waals surface area (Å²) < 4.78 is 11.2. The molecule has 156 valence electrons. The van der Waals surface area contributed by atoms with Gasteiger partial charge in [-0.2, -0.15) is 5.26 Å². The number of hydrogen-bond acceptors (Lipinski definition) is 4. The first-order chi connectivity index (χ1) is 15.0. The number of nitrogens with zero attached hydrogens (tertiary/aromatic N) is 1. The van der Waals surface area contributed by atoms with Gasteiger partial charge in [-0.3, -0.25) is 4.79 Å². The van der Waals surface area contributed by atoms with Crippen LogP contribution in [0.2, 0.25) is 10.0 Å². The Morgan fingerprint density at radius 1 is 1.06 bits per heavy atom. The van der Waals surface area contributed by atoms with Gasteiger partial charge in [0.15, 0.2) is 11.5 Å². The van der Waals surface area contributed by atoms with Crippen molar-refractivity contribution < 1.29 is 14.3 Å². The Labute approximate surface area is 190 Å². The number of benzene rings is 3. The van der Waals surface area contributed by atoms with E-state index in [0.29, 0.717) is 39.4 Å². The number of para-hydroxylation sites is 1. The number of hydrogen-bond donors (Lipinski definition) is 1. The highest BCUT2D eigenvalue weighted by Crippen LogP contribution is 2.30. The van der Waals surface area contributed by atoms with Crippen LogP contribution in [-0.2, 0) is 11.4 Å². The Bertz CT molecular complexity index is 1170. The van der Waals surface area contributed by atoms with Crippen molar-refractivity contribution in [3.63, 3.8) is 0 Å². The fourth-order valence-electron chi connectivity index (χ4n) is 2.75. The lowest BCUT2D eigenvalue weighted by Crippen LogP contribution is -2.13. The molecular weight excluding hydrogens is 435 g/mol. The van der Waals surface area contributed by atoms with Gasteiger partial charge in [0.2, 0.25) is 0 Å². The average Bonchev–Trinajstić information content (AvgIpc) is 2.77. The summed E-state index contributed by atoms with van der Waals surface area (Å²) in [5.74, 6) is 0.439. The largest absolute Gasteiger partial charge is 0.493 e. The van der Waals surface area contributed by atoms with Crippen LogP contribution in [0.3, 0.4) is 0 Å². The molecule has 3 aromatic carbocycles. The lowest BCUT2D eigenvalue weighted by molar-refractivity contribution is -0.112. The summed E-state index contributed by atoms with van der Waals surface area (Å²) >= 11 is 12.1. The van der Waals surface area contributed by atoms with Crippen molar-refractivity contribution in [2.24, 2.45) is 0 Å². The number of nitrogens with one attached hydrogen (secondary N) is 1. The molecule has 7 heteroatoms. The predicted molar refractivity (Wildman–Crippen MR) is 122 cm³/mol. The second kappa shape index (κ2) is 10.5. The minimum atomic E-state index is -0.559. The number of nitriles is 1. The molecule has 1 amide bonds. The van der Waals surface area contributed by atoms with Gasteiger partial charge in [-0.1, -0.05) is 53.5 Å². The van der Waals surface area contributed by atoms with E-state index in [-0.39, 0.29) is 5.57 Å². The third-order valence-electron chi connectivity index (χ3n) is 4.27. The third-order valence-corrected chi connectivity index (χ3v) is 4.83. The number of methoxy groups -OCH3 is 1. The standard InChI is InChI=1S/C24H18Cl2N2O3/c1-30-23-13-16(9-10-22(23)31-15-17-5-4-6-19(25)12-17)11-18(14-27)24(29)28-21-8-3-2-7-20(21)26/h2-13H,15H2,1H3,(H,28,29)/b18-11+. The van der Waals surface area contributed by atoms with Crippen LogP contribution in [0.25, 0.3) is 6.08 Å². The molecule has 5 nitrogen and oxygen atoms in total. The average molecular weight is 453 g/mol. The third kappa shape index (κ3) is 6.02. The van der Waals surface area contributed by atoms with Crippen molar-refractivity contribution in [1.82, 2.24) is 0 Å². The molecule has 0 aliphatic heterocycles. The Morgan fingerprint density at radius 2 is 1.87 bits per heavy atom. The summed E-state index contributed by atoms with van der Waals surface area (Å²) in [5.41, 5.74) is 1.88. The molecule has 0 atom stereocenters. The van der Waals surface area contributed by atoms with Crippen LogP contribution >= 0.6 is 23.2 Å². The highest BCUT2D eigenvalue weighted by molar-refractivity contribution is 6.34. The van der Waals surface area contributed by atoms with Crippen LogP contribution in [0, 0.1) is 11.3 Å². The van der Waals surface area contributed by atoms with Crippen molar-refractivity contribution in [2.45, 2.75) is 6.61 Å². The van der Waals surface area contributed by atoms with Crippen LogP contribution < -0.4 is 14.8 Å². The number of carbonyl (C=O) groups excluding carboxylic acids is 1. The van der Waals surface area contributed by atoms with E-state index in [0.717, 1.165) is 5.56 Å². The Balaban J connectivity index is 1.76. The maximum Gasteiger partial charge on any atom is 0.266 e. The maximum atomic E-state index is 12.5. The lowest BCUT2D eigenvalue weighted by Gasteiger charge is -2.12. The molecule has 0 aliphatic rings.